The Labute approximate surface area is 165 Å². The van der Waals surface area contributed by atoms with Crippen LogP contribution in [0.1, 0.15) is 28.4 Å². The summed E-state index contributed by atoms with van der Waals surface area (Å²) in [4.78, 5) is 12.7. The second-order valence-corrected chi connectivity index (χ2v) is 9.47. The number of benzene rings is 2. The van der Waals surface area contributed by atoms with E-state index in [4.69, 9.17) is 9.84 Å². The zero-order valence-corrected chi connectivity index (χ0v) is 16.9. The van der Waals surface area contributed by atoms with Crippen LogP contribution < -0.4 is 4.74 Å². The third-order valence-electron chi connectivity index (χ3n) is 5.23. The third-order valence-corrected chi connectivity index (χ3v) is 7.27. The molecule has 2 aromatic rings. The van der Waals surface area contributed by atoms with E-state index >= 15 is 0 Å². The molecule has 1 unspecified atom stereocenters. The summed E-state index contributed by atoms with van der Waals surface area (Å²) >= 11 is 0. The van der Waals surface area contributed by atoms with Crippen molar-refractivity contribution in [3.8, 4) is 11.5 Å². The molecule has 0 aliphatic carbocycles. The SMILES string of the molecule is Cc1cccc(Oc2ccc(C3CN(CCC(=O)O)CCS3(=O)=O)cc2)c1C. The number of hydrogen-bond acceptors (Lipinski definition) is 5. The fourth-order valence-electron chi connectivity index (χ4n) is 3.32. The van der Waals surface area contributed by atoms with Crippen molar-refractivity contribution in [1.82, 2.24) is 4.90 Å². The highest BCUT2D eigenvalue weighted by Gasteiger charge is 2.34. The van der Waals surface area contributed by atoms with Gasteiger partial charge in [0.1, 0.15) is 11.5 Å². The van der Waals surface area contributed by atoms with Gasteiger partial charge in [-0.05, 0) is 48.7 Å². The van der Waals surface area contributed by atoms with Gasteiger partial charge in [-0.2, -0.15) is 0 Å². The van der Waals surface area contributed by atoms with Crippen molar-refractivity contribution in [3.05, 3.63) is 59.2 Å². The Balaban J connectivity index is 1.75. The summed E-state index contributed by atoms with van der Waals surface area (Å²) < 4.78 is 31.0. The lowest BCUT2D eigenvalue weighted by atomic mass is 10.1. The number of aryl methyl sites for hydroxylation is 1. The molecule has 1 N–H and O–H groups in total. The van der Waals surface area contributed by atoms with Crippen molar-refractivity contribution < 1.29 is 23.1 Å². The summed E-state index contributed by atoms with van der Waals surface area (Å²) in [6.07, 6.45) is 0.00931. The maximum atomic E-state index is 12.5. The van der Waals surface area contributed by atoms with Crippen LogP contribution in [0.3, 0.4) is 0 Å². The van der Waals surface area contributed by atoms with Crippen LogP contribution in [-0.4, -0.2) is 49.8 Å². The Morgan fingerprint density at radius 3 is 2.57 bits per heavy atom. The van der Waals surface area contributed by atoms with Crippen molar-refractivity contribution in [2.45, 2.75) is 25.5 Å². The molecular formula is C21H25NO5S. The third kappa shape index (κ3) is 4.72. The smallest absolute Gasteiger partial charge is 0.304 e. The minimum absolute atomic E-state index is 0.00931. The second-order valence-electron chi connectivity index (χ2n) is 7.17. The molecule has 6 nitrogen and oxygen atoms in total. The molecule has 1 heterocycles. The van der Waals surface area contributed by atoms with Crippen molar-refractivity contribution in [3.63, 3.8) is 0 Å². The molecular weight excluding hydrogens is 378 g/mol. The lowest BCUT2D eigenvalue weighted by Crippen LogP contribution is -2.43. The van der Waals surface area contributed by atoms with Crippen LogP contribution in [0.5, 0.6) is 11.5 Å². The molecule has 0 spiro atoms. The Kier molecular flexibility index (Phi) is 6.05. The first-order valence-electron chi connectivity index (χ1n) is 9.26. The topological polar surface area (TPSA) is 83.9 Å². The zero-order chi connectivity index (χ0) is 20.3. The van der Waals surface area contributed by atoms with Gasteiger partial charge in [0.05, 0.1) is 17.4 Å². The van der Waals surface area contributed by atoms with Crippen molar-refractivity contribution in [2.75, 3.05) is 25.4 Å². The molecule has 0 bridgehead atoms. The molecule has 0 amide bonds. The number of ether oxygens (including phenoxy) is 1. The molecule has 7 heteroatoms. The monoisotopic (exact) mass is 403 g/mol. The van der Waals surface area contributed by atoms with Crippen molar-refractivity contribution in [1.29, 1.82) is 0 Å². The molecule has 1 saturated heterocycles. The molecule has 0 aromatic heterocycles. The van der Waals surface area contributed by atoms with E-state index in [0.717, 1.165) is 16.9 Å². The molecule has 1 aliphatic rings. The highest BCUT2D eigenvalue weighted by atomic mass is 32.2. The van der Waals surface area contributed by atoms with E-state index in [0.29, 0.717) is 30.9 Å². The van der Waals surface area contributed by atoms with Crippen LogP contribution in [0.25, 0.3) is 0 Å². The number of hydrogen-bond donors (Lipinski definition) is 1. The summed E-state index contributed by atoms with van der Waals surface area (Å²) in [7, 11) is -3.26. The van der Waals surface area contributed by atoms with Gasteiger partial charge in [0.15, 0.2) is 9.84 Å². The quantitative estimate of drug-likeness (QED) is 0.796. The van der Waals surface area contributed by atoms with Gasteiger partial charge < -0.3 is 14.7 Å². The molecule has 2 aromatic carbocycles. The molecule has 3 rings (SSSR count). The summed E-state index contributed by atoms with van der Waals surface area (Å²) in [5.74, 6) is 0.585. The van der Waals surface area contributed by atoms with Gasteiger partial charge in [0.2, 0.25) is 0 Å². The maximum absolute atomic E-state index is 12.5. The van der Waals surface area contributed by atoms with Gasteiger partial charge in [-0.15, -0.1) is 0 Å². The van der Waals surface area contributed by atoms with Crippen LogP contribution >= 0.6 is 0 Å². The van der Waals surface area contributed by atoms with Crippen LogP contribution in [0.4, 0.5) is 0 Å². The first-order valence-corrected chi connectivity index (χ1v) is 11.0. The Morgan fingerprint density at radius 2 is 1.89 bits per heavy atom. The number of carbonyl (C=O) groups is 1. The largest absolute Gasteiger partial charge is 0.481 e. The molecule has 150 valence electrons. The standard InChI is InChI=1S/C21H25NO5S/c1-15-4-3-5-19(16(15)2)27-18-8-6-17(7-9-18)20-14-22(11-10-21(23)24)12-13-28(20,25)26/h3-9,20H,10-14H2,1-2H3,(H,23,24). The van der Waals surface area contributed by atoms with E-state index in [-0.39, 0.29) is 12.2 Å². The van der Waals surface area contributed by atoms with Crippen LogP contribution in [-0.2, 0) is 14.6 Å². The summed E-state index contributed by atoms with van der Waals surface area (Å²) in [5.41, 5.74) is 2.91. The van der Waals surface area contributed by atoms with E-state index < -0.39 is 21.1 Å². The average molecular weight is 404 g/mol. The second kappa shape index (κ2) is 8.32. The first-order chi connectivity index (χ1) is 13.3. The zero-order valence-electron chi connectivity index (χ0n) is 16.1. The van der Waals surface area contributed by atoms with E-state index in [9.17, 15) is 13.2 Å². The maximum Gasteiger partial charge on any atom is 0.304 e. The van der Waals surface area contributed by atoms with E-state index in [2.05, 4.69) is 0 Å². The van der Waals surface area contributed by atoms with Crippen molar-refractivity contribution >= 4 is 15.8 Å². The highest BCUT2D eigenvalue weighted by Crippen LogP contribution is 2.31. The normalized spacial score (nSPS) is 19.3. The van der Waals surface area contributed by atoms with Crippen LogP contribution in [0, 0.1) is 13.8 Å². The van der Waals surface area contributed by atoms with Gasteiger partial charge in [-0.3, -0.25) is 4.79 Å². The van der Waals surface area contributed by atoms with E-state index in [1.54, 1.807) is 24.3 Å². The van der Waals surface area contributed by atoms with E-state index in [1.807, 2.05) is 36.9 Å². The van der Waals surface area contributed by atoms with Gasteiger partial charge in [-0.1, -0.05) is 24.3 Å². The minimum Gasteiger partial charge on any atom is -0.481 e. The molecule has 0 saturated carbocycles. The number of sulfone groups is 1. The summed E-state index contributed by atoms with van der Waals surface area (Å²) in [5, 5.41) is 8.21. The first kappa shape index (κ1) is 20.4. The predicted octanol–water partition coefficient (Wildman–Crippen LogP) is 3.34. The minimum atomic E-state index is -3.26. The Bertz CT molecular complexity index is 953. The summed E-state index contributed by atoms with van der Waals surface area (Å²) in [6, 6.07) is 13.0. The van der Waals surface area contributed by atoms with Crippen LogP contribution in [0.15, 0.2) is 42.5 Å². The van der Waals surface area contributed by atoms with E-state index in [1.165, 1.54) is 0 Å². The number of rotatable bonds is 6. The van der Waals surface area contributed by atoms with Gasteiger partial charge >= 0.3 is 5.97 Å². The van der Waals surface area contributed by atoms with Crippen LogP contribution in [0.2, 0.25) is 0 Å². The molecule has 1 fully saturated rings. The lowest BCUT2D eigenvalue weighted by Gasteiger charge is -2.32. The number of aliphatic carboxylic acids is 1. The number of nitrogens with zero attached hydrogens (tertiary/aromatic N) is 1. The van der Waals surface area contributed by atoms with Gasteiger partial charge in [-0.25, -0.2) is 8.42 Å². The average Bonchev–Trinajstić information content (AvgIpc) is 2.65. The fraction of sp³-hybridized carbons (Fsp3) is 0.381. The summed E-state index contributed by atoms with van der Waals surface area (Å²) in [6.45, 7) is 5.07. The molecule has 1 aliphatic heterocycles. The fourth-order valence-corrected chi connectivity index (χ4v) is 5.13. The van der Waals surface area contributed by atoms with Gasteiger partial charge in [0.25, 0.3) is 0 Å². The van der Waals surface area contributed by atoms with Gasteiger partial charge in [0, 0.05) is 19.6 Å². The number of carboxylic acid groups (broad SMARTS) is 1. The molecule has 28 heavy (non-hydrogen) atoms. The highest BCUT2D eigenvalue weighted by molar-refractivity contribution is 7.91. The molecule has 0 radical (unpaired) electrons. The van der Waals surface area contributed by atoms with Crippen molar-refractivity contribution in [2.24, 2.45) is 0 Å². The predicted molar refractivity (Wildman–Crippen MR) is 108 cm³/mol. The molecule has 1 atom stereocenters. The lowest BCUT2D eigenvalue weighted by molar-refractivity contribution is -0.137. The Morgan fingerprint density at radius 1 is 1.18 bits per heavy atom. The Hall–Kier alpha value is -2.38. The number of carboxylic acids is 1.